The molecule has 0 unspecified atom stereocenters. The summed E-state index contributed by atoms with van der Waals surface area (Å²) in [6.07, 6.45) is -3.46. The Morgan fingerprint density at radius 3 is 2.63 bits per heavy atom. The number of aromatic nitrogens is 2. The van der Waals surface area contributed by atoms with E-state index in [-0.39, 0.29) is 29.0 Å². The average molecular weight is 422 g/mol. The largest absolute Gasteiger partial charge is 0.418 e. The summed E-state index contributed by atoms with van der Waals surface area (Å²) in [4.78, 5) is 4.13. The number of rotatable bonds is 7. The van der Waals surface area contributed by atoms with Gasteiger partial charge in [0.05, 0.1) is 30.2 Å². The topological polar surface area (TPSA) is 48.3 Å². The van der Waals surface area contributed by atoms with Crippen molar-refractivity contribution in [3.05, 3.63) is 23.0 Å². The Bertz CT molecular complexity index is 816. The molecule has 0 amide bonds. The summed E-state index contributed by atoms with van der Waals surface area (Å²) in [5, 5.41) is 3.21. The van der Waals surface area contributed by atoms with Crippen molar-refractivity contribution in [3.8, 4) is 0 Å². The molecule has 0 saturated carbocycles. The molecule has 1 aliphatic heterocycles. The van der Waals surface area contributed by atoms with Crippen molar-refractivity contribution in [2.45, 2.75) is 44.6 Å². The van der Waals surface area contributed by atoms with Crippen LogP contribution in [0.4, 0.5) is 18.9 Å². The zero-order valence-corrected chi connectivity index (χ0v) is 17.2. The minimum absolute atomic E-state index is 0.00359. The Labute approximate surface area is 161 Å². The predicted molar refractivity (Wildman–Crippen MR) is 102 cm³/mol. The van der Waals surface area contributed by atoms with E-state index in [2.05, 4.69) is 29.9 Å². The lowest BCUT2D eigenvalue weighted by molar-refractivity contribution is -0.136. The van der Waals surface area contributed by atoms with E-state index in [0.29, 0.717) is 25.5 Å². The molecule has 0 spiro atoms. The molecule has 0 radical (unpaired) electrons. The summed E-state index contributed by atoms with van der Waals surface area (Å²) in [6, 6.07) is 2.32. The molecule has 1 saturated heterocycles. The second-order valence-corrected chi connectivity index (χ2v) is 13.9. The molecule has 1 fully saturated rings. The van der Waals surface area contributed by atoms with Crippen molar-refractivity contribution < 1.29 is 22.6 Å². The first-order valence-corrected chi connectivity index (χ1v) is 12.8. The zero-order chi connectivity index (χ0) is 19.8. The van der Waals surface area contributed by atoms with Gasteiger partial charge in [0.2, 0.25) is 0 Å². The fourth-order valence-electron chi connectivity index (χ4n) is 2.76. The van der Waals surface area contributed by atoms with Crippen LogP contribution in [0.1, 0.15) is 5.56 Å². The van der Waals surface area contributed by atoms with Gasteiger partial charge in [0.25, 0.3) is 0 Å². The maximum atomic E-state index is 13.6. The first kappa shape index (κ1) is 20.4. The smallest absolute Gasteiger partial charge is 0.377 e. The Balaban J connectivity index is 1.94. The summed E-state index contributed by atoms with van der Waals surface area (Å²) in [6.45, 7) is 8.04. The van der Waals surface area contributed by atoms with Crippen molar-refractivity contribution in [2.24, 2.45) is 0 Å². The number of fused-ring (bicyclic) bond motifs is 1. The van der Waals surface area contributed by atoms with Crippen LogP contribution in [0.25, 0.3) is 11.0 Å². The second-order valence-electron chi connectivity index (χ2n) is 7.93. The fraction of sp³-hybridized carbons (Fsp3) is 0.588. The van der Waals surface area contributed by atoms with E-state index in [1.54, 1.807) is 0 Å². The molecule has 10 heteroatoms. The van der Waals surface area contributed by atoms with Crippen molar-refractivity contribution in [3.63, 3.8) is 0 Å². The number of hydrogen-bond donors (Lipinski definition) is 1. The normalized spacial score (nSPS) is 16.0. The zero-order valence-electron chi connectivity index (χ0n) is 15.5. The molecule has 150 valence electrons. The molecular weight excluding hydrogens is 399 g/mol. The summed E-state index contributed by atoms with van der Waals surface area (Å²) in [7, 11) is -1.28. The van der Waals surface area contributed by atoms with Gasteiger partial charge in [-0.25, -0.2) is 4.98 Å². The van der Waals surface area contributed by atoms with Crippen LogP contribution >= 0.6 is 11.6 Å². The van der Waals surface area contributed by atoms with E-state index in [0.717, 1.165) is 12.2 Å². The summed E-state index contributed by atoms with van der Waals surface area (Å²) >= 11 is 6.07. The van der Waals surface area contributed by atoms with Gasteiger partial charge >= 0.3 is 6.18 Å². The van der Waals surface area contributed by atoms with Crippen LogP contribution in [0.2, 0.25) is 30.8 Å². The minimum Gasteiger partial charge on any atom is -0.377 e. The van der Waals surface area contributed by atoms with Gasteiger partial charge in [-0.05, 0) is 12.1 Å². The standard InChI is InChI=1S/C17H23ClF3N3O2Si/c1-27(2,3)5-4-25-10-24-7-12(17(19,20)21)15-13(22-11-8-26-9-11)6-14(18)23-16(15)24/h6-7,11H,4-5,8-10H2,1-3H3,(H,22,23). The number of anilines is 1. The highest BCUT2D eigenvalue weighted by atomic mass is 35.5. The van der Waals surface area contributed by atoms with Gasteiger partial charge in [0.15, 0.2) is 0 Å². The van der Waals surface area contributed by atoms with Crippen LogP contribution < -0.4 is 5.32 Å². The number of ether oxygens (including phenoxy) is 2. The molecule has 3 rings (SSSR count). The fourth-order valence-corrected chi connectivity index (χ4v) is 3.71. The molecule has 1 N–H and O–H groups in total. The van der Waals surface area contributed by atoms with E-state index < -0.39 is 19.8 Å². The van der Waals surface area contributed by atoms with Gasteiger partial charge in [0.1, 0.15) is 17.5 Å². The van der Waals surface area contributed by atoms with Gasteiger partial charge < -0.3 is 19.4 Å². The summed E-state index contributed by atoms with van der Waals surface area (Å²) in [5.41, 5.74) is -0.282. The molecule has 5 nitrogen and oxygen atoms in total. The van der Waals surface area contributed by atoms with Gasteiger partial charge in [0, 0.05) is 26.6 Å². The SMILES string of the molecule is C[Si](C)(C)CCOCn1cc(C(F)(F)F)c2c(NC3COC3)cc(Cl)nc21. The molecular formula is C17H23ClF3N3O2Si. The maximum absolute atomic E-state index is 13.6. The van der Waals surface area contributed by atoms with E-state index >= 15 is 0 Å². The van der Waals surface area contributed by atoms with Crippen molar-refractivity contribution in [2.75, 3.05) is 25.1 Å². The number of pyridine rings is 1. The molecule has 27 heavy (non-hydrogen) atoms. The van der Waals surface area contributed by atoms with Gasteiger partial charge in [-0.1, -0.05) is 31.2 Å². The molecule has 0 aromatic carbocycles. The van der Waals surface area contributed by atoms with Crippen LogP contribution in [0.3, 0.4) is 0 Å². The molecule has 2 aromatic rings. The average Bonchev–Trinajstić information content (AvgIpc) is 2.85. The third-order valence-corrected chi connectivity index (χ3v) is 6.22. The van der Waals surface area contributed by atoms with Crippen LogP contribution in [0, 0.1) is 0 Å². The van der Waals surface area contributed by atoms with Crippen LogP contribution in [0.5, 0.6) is 0 Å². The Morgan fingerprint density at radius 2 is 2.07 bits per heavy atom. The third-order valence-electron chi connectivity index (χ3n) is 4.33. The molecule has 0 aliphatic carbocycles. The number of halogens is 4. The number of nitrogens with zero attached hydrogens (tertiary/aromatic N) is 2. The second kappa shape index (κ2) is 7.61. The van der Waals surface area contributed by atoms with E-state index in [1.165, 1.54) is 10.6 Å². The lowest BCUT2D eigenvalue weighted by Crippen LogP contribution is -2.40. The molecule has 0 atom stereocenters. The highest BCUT2D eigenvalue weighted by molar-refractivity contribution is 6.76. The monoisotopic (exact) mass is 421 g/mol. The lowest BCUT2D eigenvalue weighted by atomic mass is 10.1. The van der Waals surface area contributed by atoms with Crippen LogP contribution in [0.15, 0.2) is 12.3 Å². The first-order valence-electron chi connectivity index (χ1n) is 8.73. The number of nitrogens with one attached hydrogen (secondary N) is 1. The van der Waals surface area contributed by atoms with Gasteiger partial charge in [-0.15, -0.1) is 0 Å². The number of alkyl halides is 3. The van der Waals surface area contributed by atoms with Crippen LogP contribution in [-0.2, 0) is 22.4 Å². The highest BCUT2D eigenvalue weighted by Crippen LogP contribution is 2.40. The van der Waals surface area contributed by atoms with E-state index in [1.807, 2.05) is 0 Å². The molecule has 1 aliphatic rings. The van der Waals surface area contributed by atoms with Crippen molar-refractivity contribution in [1.29, 1.82) is 0 Å². The third kappa shape index (κ3) is 4.95. The van der Waals surface area contributed by atoms with Gasteiger partial charge in [-0.2, -0.15) is 13.2 Å². The lowest BCUT2D eigenvalue weighted by Gasteiger charge is -2.28. The highest BCUT2D eigenvalue weighted by Gasteiger charge is 2.37. The van der Waals surface area contributed by atoms with Crippen LogP contribution in [-0.4, -0.2) is 43.5 Å². The predicted octanol–water partition coefficient (Wildman–Crippen LogP) is 4.83. The minimum atomic E-state index is -4.51. The Kier molecular flexibility index (Phi) is 5.76. The van der Waals surface area contributed by atoms with E-state index in [4.69, 9.17) is 21.1 Å². The first-order chi connectivity index (χ1) is 12.5. The van der Waals surface area contributed by atoms with Gasteiger partial charge in [-0.3, -0.25) is 0 Å². The molecule has 2 aromatic heterocycles. The molecule has 3 heterocycles. The van der Waals surface area contributed by atoms with E-state index in [9.17, 15) is 13.2 Å². The Morgan fingerprint density at radius 1 is 1.37 bits per heavy atom. The maximum Gasteiger partial charge on any atom is 0.418 e. The summed E-state index contributed by atoms with van der Waals surface area (Å²) < 4.78 is 53.0. The quantitative estimate of drug-likeness (QED) is 0.395. The summed E-state index contributed by atoms with van der Waals surface area (Å²) in [5.74, 6) is 0. The number of hydrogen-bond acceptors (Lipinski definition) is 4. The molecule has 0 bridgehead atoms. The van der Waals surface area contributed by atoms with Crippen molar-refractivity contribution >= 4 is 36.4 Å². The van der Waals surface area contributed by atoms with Crippen molar-refractivity contribution in [1.82, 2.24) is 9.55 Å². The Hall–Kier alpha value is -1.29.